The first-order chi connectivity index (χ1) is 48.4. The van der Waals surface area contributed by atoms with Crippen LogP contribution in [0.25, 0.3) is 0 Å². The second-order valence-corrected chi connectivity index (χ2v) is 24.0. The maximum atomic E-state index is 14.6. The Bertz CT molecular complexity index is 3010. The molecule has 2 aromatic carbocycles. The van der Waals surface area contributed by atoms with Gasteiger partial charge in [0, 0.05) is 39.3 Å². The van der Waals surface area contributed by atoms with Gasteiger partial charge in [0.25, 0.3) is 5.97 Å². The number of benzene rings is 2. The van der Waals surface area contributed by atoms with E-state index in [0.717, 1.165) is 6.92 Å². The molecule has 0 aromatic heterocycles. The lowest BCUT2D eigenvalue weighted by molar-refractivity contribution is -0.142. The zero-order chi connectivity index (χ0) is 76.7. The fourth-order valence-corrected chi connectivity index (χ4v) is 9.82. The number of carbonyl (C=O) groups excluding carboxylic acids is 10. The molecule has 0 heterocycles. The maximum absolute atomic E-state index is 14.6. The Morgan fingerprint density at radius 3 is 0.951 bits per heavy atom. The summed E-state index contributed by atoms with van der Waals surface area (Å²) in [6.45, 7) is 0.842. The van der Waals surface area contributed by atoms with E-state index in [4.69, 9.17) is 67.2 Å². The number of nitrogens with zero attached hydrogens (tertiary/aromatic N) is 2. The van der Waals surface area contributed by atoms with E-state index in [1.807, 2.05) is 0 Å². The van der Waals surface area contributed by atoms with Crippen LogP contribution in [0.3, 0.4) is 0 Å². The Morgan fingerprint density at radius 1 is 0.373 bits per heavy atom. The van der Waals surface area contributed by atoms with Crippen LogP contribution < -0.4 is 105 Å². The Morgan fingerprint density at radius 2 is 0.637 bits per heavy atom. The van der Waals surface area contributed by atoms with Gasteiger partial charge >= 0.3 is 5.97 Å². The molecule has 10 unspecified atom stereocenters. The molecular weight excluding hydrogens is 1330 g/mol. The van der Waals surface area contributed by atoms with Crippen LogP contribution in [0, 0.1) is 0 Å². The Hall–Kier alpha value is -10.0. The van der Waals surface area contributed by atoms with E-state index in [0.29, 0.717) is 56.2 Å². The number of nitrogens with two attached hydrogens (primary N) is 10. The van der Waals surface area contributed by atoms with Gasteiger partial charge in [-0.05, 0) is 164 Å². The average molecular weight is 1440 g/mol. The van der Waals surface area contributed by atoms with Crippen molar-refractivity contribution in [3.8, 4) is 11.5 Å². The standard InChI is InChI=1S/C62H105N21O15.C2H4O2/c63-27-5-1-11-40(67)51(88)81-47(33-36-17-21-38(85)22-18-36)57(94)78-42(13-3-7-29-65)53(90)79-45(25-26-50(68)87)56(93)75-41(12-2-6-28-64)52(89)76-43(15-9-31-73-61(69)70)54(91)77-44(16-10-32-74-62(71)72)55(92)83-49(35-84)59(96)82-48(34-37-19-23-39(86)24-20-37)58(95)80-46(60(97)98)14-4-8-30-66;1-2(3)4/h17-24,40-49,84-86H,1-16,25-35,63-67H2,(H2,68,87)(H,75,93)(H,76,89)(H,77,91)(H,78,94)(H,79,90)(H,80,95)(H,81,88)(H,82,96)(H,83,92)(H,97,98)(H4,69,70,73)(H4,71,72,74);1H3,(H,3,4). The van der Waals surface area contributed by atoms with Gasteiger partial charge in [0.15, 0.2) is 11.9 Å². The monoisotopic (exact) mass is 1440 g/mol. The first kappa shape index (κ1) is 90.0. The third-order valence-electron chi connectivity index (χ3n) is 15.3. The number of aliphatic carboxylic acids is 2. The number of primary amides is 1. The van der Waals surface area contributed by atoms with Crippen molar-refractivity contribution in [3.05, 3.63) is 59.7 Å². The van der Waals surface area contributed by atoms with E-state index in [1.54, 1.807) is 0 Å². The van der Waals surface area contributed by atoms with Crippen molar-refractivity contribution >= 4 is 82.9 Å². The minimum absolute atomic E-state index is 0.00734. The van der Waals surface area contributed by atoms with Gasteiger partial charge in [-0.2, -0.15) is 0 Å². The van der Waals surface area contributed by atoms with Gasteiger partial charge in [0.1, 0.15) is 65.9 Å². The molecule has 10 atom stereocenters. The molecule has 0 aliphatic rings. The van der Waals surface area contributed by atoms with Crippen LogP contribution in [-0.2, 0) is 70.4 Å². The molecule has 572 valence electrons. The minimum Gasteiger partial charge on any atom is -0.508 e. The molecule has 0 fully saturated rings. The van der Waals surface area contributed by atoms with Crippen molar-refractivity contribution in [2.75, 3.05) is 45.9 Å². The summed E-state index contributed by atoms with van der Waals surface area (Å²) in [6, 6.07) is -3.38. The number of phenolic OH excluding ortho intramolecular Hbond substituents is 2. The number of aromatic hydroxyl groups is 2. The van der Waals surface area contributed by atoms with Crippen LogP contribution in [0.2, 0.25) is 0 Å². The van der Waals surface area contributed by atoms with Crippen LogP contribution >= 0.6 is 0 Å². The number of aliphatic hydroxyl groups is 1. The average Bonchev–Trinajstić information content (AvgIpc) is 0.862. The smallest absolute Gasteiger partial charge is 0.326 e. The van der Waals surface area contributed by atoms with Gasteiger partial charge < -0.3 is 131 Å². The lowest BCUT2D eigenvalue weighted by atomic mass is 10.0. The van der Waals surface area contributed by atoms with Crippen molar-refractivity contribution in [1.29, 1.82) is 0 Å². The van der Waals surface area contributed by atoms with Gasteiger partial charge in [0.05, 0.1) is 12.6 Å². The van der Waals surface area contributed by atoms with Gasteiger partial charge in [-0.25, -0.2) is 4.79 Å². The van der Waals surface area contributed by atoms with Crippen molar-refractivity contribution in [3.63, 3.8) is 0 Å². The SMILES string of the molecule is CC(=O)O.NCCCCC(N)C(=O)NC(Cc1ccc(O)cc1)C(=O)NC(CCCCN)C(=O)NC(CCC(N)=O)C(=O)NC(CCCCN)C(=O)NC(CCCN=C(N)N)C(=O)NC(CCCN=C(N)N)C(=O)NC(CO)C(=O)NC(Cc1ccc(O)cc1)C(=O)NC(CCCCN)C(=O)O. The highest BCUT2D eigenvalue weighted by atomic mass is 16.4. The summed E-state index contributed by atoms with van der Waals surface area (Å²) in [7, 11) is 0. The summed E-state index contributed by atoms with van der Waals surface area (Å²) < 4.78 is 0. The topological polar surface area (TPSA) is 699 Å². The minimum atomic E-state index is -1.82. The molecule has 0 saturated heterocycles. The molecule has 102 heavy (non-hydrogen) atoms. The highest BCUT2D eigenvalue weighted by Gasteiger charge is 2.36. The fraction of sp³-hybridized carbons (Fsp3) is 0.594. The number of carboxylic acids is 2. The summed E-state index contributed by atoms with van der Waals surface area (Å²) >= 11 is 0. The van der Waals surface area contributed by atoms with Crippen molar-refractivity contribution < 1.29 is 83.1 Å². The molecule has 0 bridgehead atoms. The number of rotatable bonds is 51. The molecule has 0 aliphatic carbocycles. The third kappa shape index (κ3) is 39.1. The highest BCUT2D eigenvalue weighted by Crippen LogP contribution is 2.16. The molecule has 10 amide bonds. The fourth-order valence-electron chi connectivity index (χ4n) is 9.82. The number of aliphatic imine (C=N–C) groups is 2. The van der Waals surface area contributed by atoms with E-state index in [-0.39, 0.29) is 133 Å². The molecule has 0 spiro atoms. The number of guanidine groups is 2. The van der Waals surface area contributed by atoms with Crippen LogP contribution in [0.4, 0.5) is 0 Å². The lowest BCUT2D eigenvalue weighted by Gasteiger charge is -2.28. The number of hydrogen-bond donors (Lipinski definition) is 24. The number of aliphatic hydroxyl groups excluding tert-OH is 1. The first-order valence-corrected chi connectivity index (χ1v) is 33.7. The largest absolute Gasteiger partial charge is 0.508 e. The summed E-state index contributed by atoms with van der Waals surface area (Å²) in [5.41, 5.74) is 57.7. The summed E-state index contributed by atoms with van der Waals surface area (Å²) in [5.74, 6) is -12.4. The Labute approximate surface area is 592 Å². The summed E-state index contributed by atoms with van der Waals surface area (Å²) in [4.78, 5) is 169. The van der Waals surface area contributed by atoms with Gasteiger partial charge in [-0.3, -0.25) is 62.7 Å². The molecule has 34 N–H and O–H groups in total. The second kappa shape index (κ2) is 51.2. The number of carboxylic acid groups (broad SMARTS) is 2. The molecular formula is C64H109N21O17. The second-order valence-electron chi connectivity index (χ2n) is 24.0. The quantitative estimate of drug-likeness (QED) is 0.0166. The van der Waals surface area contributed by atoms with Crippen molar-refractivity contribution in [2.24, 2.45) is 67.3 Å². The van der Waals surface area contributed by atoms with Gasteiger partial charge in [-0.15, -0.1) is 0 Å². The van der Waals surface area contributed by atoms with Gasteiger partial charge in [0.2, 0.25) is 59.1 Å². The third-order valence-corrected chi connectivity index (χ3v) is 15.3. The zero-order valence-corrected chi connectivity index (χ0v) is 57.8. The predicted molar refractivity (Wildman–Crippen MR) is 377 cm³/mol. The molecule has 0 aliphatic heterocycles. The van der Waals surface area contributed by atoms with Crippen molar-refractivity contribution in [2.45, 2.75) is 196 Å². The van der Waals surface area contributed by atoms with E-state index >= 15 is 0 Å². The maximum Gasteiger partial charge on any atom is 0.326 e. The molecule has 38 heteroatoms. The Kier molecular flexibility index (Phi) is 45.1. The van der Waals surface area contributed by atoms with Crippen LogP contribution in [0.1, 0.15) is 134 Å². The Balaban J connectivity index is 0.0000126. The number of phenols is 2. The highest BCUT2D eigenvalue weighted by molar-refractivity contribution is 5.99. The number of amides is 10. The molecule has 2 aromatic rings. The number of hydrogen-bond acceptors (Lipinski definition) is 22. The van der Waals surface area contributed by atoms with E-state index in [1.165, 1.54) is 48.5 Å². The molecule has 2 rings (SSSR count). The predicted octanol–water partition coefficient (Wildman–Crippen LogP) is -6.37. The molecule has 0 radical (unpaired) electrons. The summed E-state index contributed by atoms with van der Waals surface area (Å²) in [5, 5.41) is 70.7. The number of carbonyl (C=O) groups is 12. The van der Waals surface area contributed by atoms with E-state index in [9.17, 15) is 73.2 Å². The normalized spacial score (nSPS) is 13.8. The zero-order valence-electron chi connectivity index (χ0n) is 57.8. The molecule has 0 saturated carbocycles. The molecule has 38 nitrogen and oxygen atoms in total. The number of unbranched alkanes of at least 4 members (excludes halogenated alkanes) is 4. The van der Waals surface area contributed by atoms with E-state index < -0.39 is 151 Å². The van der Waals surface area contributed by atoms with E-state index in [2.05, 4.69) is 57.8 Å². The lowest BCUT2D eigenvalue weighted by Crippen LogP contribution is -2.61. The van der Waals surface area contributed by atoms with Crippen LogP contribution in [0.5, 0.6) is 11.5 Å². The first-order valence-electron chi connectivity index (χ1n) is 33.7. The number of nitrogens with one attached hydrogen (secondary N) is 9. The van der Waals surface area contributed by atoms with Crippen LogP contribution in [0.15, 0.2) is 58.5 Å². The van der Waals surface area contributed by atoms with Crippen molar-refractivity contribution in [1.82, 2.24) is 47.9 Å². The van der Waals surface area contributed by atoms with Crippen LogP contribution in [-0.4, -0.2) is 215 Å². The summed E-state index contributed by atoms with van der Waals surface area (Å²) in [6.07, 6.45) is 1.50. The van der Waals surface area contributed by atoms with Gasteiger partial charge in [-0.1, -0.05) is 30.7 Å².